The number of hydrogen-bond donors (Lipinski definition) is 1. The van der Waals surface area contributed by atoms with Crippen molar-refractivity contribution in [3.8, 4) is 5.75 Å². The summed E-state index contributed by atoms with van der Waals surface area (Å²) < 4.78 is 5.29. The second-order valence-corrected chi connectivity index (χ2v) is 4.74. The van der Waals surface area contributed by atoms with Gasteiger partial charge in [0.2, 0.25) is 5.75 Å². The van der Waals surface area contributed by atoms with Crippen LogP contribution in [0, 0.1) is 0 Å². The normalized spacial score (nSPS) is 10.3. The Balaban J connectivity index is 2.30. The lowest BCUT2D eigenvalue weighted by atomic mass is 10.3. The lowest BCUT2D eigenvalue weighted by molar-refractivity contribution is 0.412. The third-order valence-electron chi connectivity index (χ3n) is 2.62. The van der Waals surface area contributed by atoms with Crippen LogP contribution in [-0.2, 0) is 6.54 Å². The molecule has 0 aliphatic carbocycles. The highest BCUT2D eigenvalue weighted by Crippen LogP contribution is 2.30. The van der Waals surface area contributed by atoms with Crippen molar-refractivity contribution in [3.05, 3.63) is 28.7 Å². The first-order valence-corrected chi connectivity index (χ1v) is 6.56. The summed E-state index contributed by atoms with van der Waals surface area (Å²) in [6.07, 6.45) is 1.46. The van der Waals surface area contributed by atoms with Gasteiger partial charge in [-0.2, -0.15) is 0 Å². The Hall–Kier alpha value is -1.82. The Labute approximate surface area is 110 Å². The molecule has 0 fully saturated rings. The average molecular weight is 264 g/mol. The summed E-state index contributed by atoms with van der Waals surface area (Å²) in [4.78, 5) is 11.6. The minimum absolute atomic E-state index is 0.368. The van der Waals surface area contributed by atoms with E-state index in [-0.39, 0.29) is 0 Å². The molecule has 0 saturated heterocycles. The molecule has 0 saturated carbocycles. The van der Waals surface area contributed by atoms with Gasteiger partial charge in [-0.15, -0.1) is 11.3 Å². The molecule has 0 aliphatic heterocycles. The molecule has 2 aromatic heterocycles. The molecule has 2 heterocycles. The fraction of sp³-hybridized carbons (Fsp3) is 0.333. The molecule has 18 heavy (non-hydrogen) atoms. The highest BCUT2D eigenvalue weighted by atomic mass is 32.1. The van der Waals surface area contributed by atoms with E-state index in [0.717, 1.165) is 18.9 Å². The van der Waals surface area contributed by atoms with E-state index in [2.05, 4.69) is 33.2 Å². The number of nitrogen functional groups attached to an aromatic ring is 1. The van der Waals surface area contributed by atoms with Crippen molar-refractivity contribution >= 4 is 23.0 Å². The van der Waals surface area contributed by atoms with Crippen LogP contribution in [0.5, 0.6) is 5.75 Å². The quantitative estimate of drug-likeness (QED) is 0.896. The van der Waals surface area contributed by atoms with Gasteiger partial charge in [0.25, 0.3) is 0 Å². The maximum atomic E-state index is 5.80. The smallest absolute Gasteiger partial charge is 0.204 e. The molecule has 0 amide bonds. The summed E-state index contributed by atoms with van der Waals surface area (Å²) in [6, 6.07) is 4.14. The van der Waals surface area contributed by atoms with Gasteiger partial charge in [0.1, 0.15) is 6.33 Å². The first-order chi connectivity index (χ1) is 8.76. The summed E-state index contributed by atoms with van der Waals surface area (Å²) in [6.45, 7) is 3.69. The SMILES string of the molecule is CCN(Cc1cccs1)c1ncnc(N)c1OC. The molecule has 0 spiro atoms. The van der Waals surface area contributed by atoms with Crippen LogP contribution in [0.3, 0.4) is 0 Å². The summed E-state index contributed by atoms with van der Waals surface area (Å²) in [7, 11) is 1.58. The number of anilines is 2. The molecule has 2 rings (SSSR count). The first kappa shape index (κ1) is 12.6. The van der Waals surface area contributed by atoms with Crippen molar-refractivity contribution < 1.29 is 4.74 Å². The Kier molecular flexibility index (Phi) is 3.99. The van der Waals surface area contributed by atoms with Gasteiger partial charge in [0.15, 0.2) is 11.6 Å². The number of thiophene rings is 1. The molecule has 2 aromatic rings. The van der Waals surface area contributed by atoms with Crippen LogP contribution in [0.4, 0.5) is 11.6 Å². The van der Waals surface area contributed by atoms with Gasteiger partial charge >= 0.3 is 0 Å². The van der Waals surface area contributed by atoms with Gasteiger partial charge in [-0.1, -0.05) is 6.07 Å². The molecule has 0 radical (unpaired) electrons. The van der Waals surface area contributed by atoms with E-state index in [1.807, 2.05) is 6.07 Å². The monoisotopic (exact) mass is 264 g/mol. The molecule has 5 nitrogen and oxygen atoms in total. The van der Waals surface area contributed by atoms with Crippen molar-refractivity contribution in [2.24, 2.45) is 0 Å². The van der Waals surface area contributed by atoms with E-state index in [9.17, 15) is 0 Å². The molecular formula is C12H16N4OS. The molecule has 0 aliphatic rings. The number of hydrogen-bond acceptors (Lipinski definition) is 6. The second kappa shape index (κ2) is 5.68. The minimum Gasteiger partial charge on any atom is -0.490 e. The van der Waals surface area contributed by atoms with E-state index in [1.54, 1.807) is 18.4 Å². The van der Waals surface area contributed by atoms with Crippen molar-refractivity contribution in [3.63, 3.8) is 0 Å². The summed E-state index contributed by atoms with van der Waals surface area (Å²) in [5.41, 5.74) is 5.80. The zero-order valence-corrected chi connectivity index (χ0v) is 11.3. The van der Waals surface area contributed by atoms with Crippen LogP contribution in [0.2, 0.25) is 0 Å². The number of ether oxygens (including phenoxy) is 1. The van der Waals surface area contributed by atoms with Crippen LogP contribution in [0.15, 0.2) is 23.8 Å². The van der Waals surface area contributed by atoms with Gasteiger partial charge in [-0.3, -0.25) is 0 Å². The number of rotatable bonds is 5. The van der Waals surface area contributed by atoms with Gasteiger partial charge in [0.05, 0.1) is 13.7 Å². The maximum absolute atomic E-state index is 5.80. The Morgan fingerprint density at radius 2 is 2.28 bits per heavy atom. The lowest BCUT2D eigenvalue weighted by Gasteiger charge is -2.23. The highest BCUT2D eigenvalue weighted by Gasteiger charge is 2.16. The summed E-state index contributed by atoms with van der Waals surface area (Å²) in [5.74, 6) is 1.64. The summed E-state index contributed by atoms with van der Waals surface area (Å²) in [5, 5.41) is 2.06. The van der Waals surface area contributed by atoms with Crippen LogP contribution in [0.1, 0.15) is 11.8 Å². The fourth-order valence-electron chi connectivity index (χ4n) is 1.73. The van der Waals surface area contributed by atoms with E-state index in [1.165, 1.54) is 11.2 Å². The second-order valence-electron chi connectivity index (χ2n) is 3.71. The first-order valence-electron chi connectivity index (χ1n) is 5.68. The van der Waals surface area contributed by atoms with Crippen molar-refractivity contribution in [2.75, 3.05) is 24.3 Å². The Morgan fingerprint density at radius 3 is 2.89 bits per heavy atom. The van der Waals surface area contributed by atoms with Gasteiger partial charge in [0, 0.05) is 11.4 Å². The largest absolute Gasteiger partial charge is 0.490 e. The van der Waals surface area contributed by atoms with Crippen LogP contribution in [-0.4, -0.2) is 23.6 Å². The molecule has 0 atom stereocenters. The molecule has 2 N–H and O–H groups in total. The molecule has 0 bridgehead atoms. The number of aromatic nitrogens is 2. The van der Waals surface area contributed by atoms with Crippen molar-refractivity contribution in [1.29, 1.82) is 0 Å². The van der Waals surface area contributed by atoms with Crippen molar-refractivity contribution in [2.45, 2.75) is 13.5 Å². The maximum Gasteiger partial charge on any atom is 0.204 e. The predicted octanol–water partition coefficient (Wildman–Crippen LogP) is 2.16. The van der Waals surface area contributed by atoms with E-state index in [4.69, 9.17) is 10.5 Å². The topological polar surface area (TPSA) is 64.3 Å². The van der Waals surface area contributed by atoms with Gasteiger partial charge < -0.3 is 15.4 Å². The Morgan fingerprint density at radius 1 is 1.44 bits per heavy atom. The minimum atomic E-state index is 0.368. The fourth-order valence-corrected chi connectivity index (χ4v) is 2.45. The van der Waals surface area contributed by atoms with E-state index in [0.29, 0.717) is 11.6 Å². The molecule has 6 heteroatoms. The van der Waals surface area contributed by atoms with Gasteiger partial charge in [-0.25, -0.2) is 9.97 Å². The molecule has 0 unspecified atom stereocenters. The molecule has 96 valence electrons. The zero-order valence-electron chi connectivity index (χ0n) is 10.5. The third-order valence-corrected chi connectivity index (χ3v) is 3.49. The number of methoxy groups -OCH3 is 1. The molecule has 0 aromatic carbocycles. The van der Waals surface area contributed by atoms with Crippen LogP contribution < -0.4 is 15.4 Å². The Bertz CT molecular complexity index is 501. The third kappa shape index (κ3) is 2.53. The zero-order chi connectivity index (χ0) is 13.0. The van der Waals surface area contributed by atoms with E-state index >= 15 is 0 Å². The van der Waals surface area contributed by atoms with Crippen LogP contribution in [0.25, 0.3) is 0 Å². The lowest BCUT2D eigenvalue weighted by Crippen LogP contribution is -2.23. The molecular weight excluding hydrogens is 248 g/mol. The standard InChI is InChI=1S/C12H16N4OS/c1-3-16(7-9-5-4-6-18-9)12-10(17-2)11(13)14-8-15-12/h4-6,8H,3,7H2,1-2H3,(H2,13,14,15). The van der Waals surface area contributed by atoms with Crippen molar-refractivity contribution in [1.82, 2.24) is 9.97 Å². The van der Waals surface area contributed by atoms with E-state index < -0.39 is 0 Å². The predicted molar refractivity (Wildman–Crippen MR) is 74.0 cm³/mol. The average Bonchev–Trinajstić information content (AvgIpc) is 2.88. The number of nitrogens with two attached hydrogens (primary N) is 1. The van der Waals surface area contributed by atoms with Crippen LogP contribution >= 0.6 is 11.3 Å². The van der Waals surface area contributed by atoms with Gasteiger partial charge in [-0.05, 0) is 18.4 Å². The summed E-state index contributed by atoms with van der Waals surface area (Å²) >= 11 is 1.72. The highest BCUT2D eigenvalue weighted by molar-refractivity contribution is 7.09. The number of nitrogens with zero attached hydrogens (tertiary/aromatic N) is 3.